The van der Waals surface area contributed by atoms with Crippen molar-refractivity contribution >= 4 is 37.3 Å². The molecule has 9 heteroatoms. The molecule has 2 aromatic heterocycles. The maximum Gasteiger partial charge on any atom is 0.245 e. The second kappa shape index (κ2) is 6.57. The molecule has 0 spiro atoms. The topological polar surface area (TPSA) is 67.2 Å². The third-order valence-electron chi connectivity index (χ3n) is 3.03. The Morgan fingerprint density at radius 1 is 1.52 bits per heavy atom. The van der Waals surface area contributed by atoms with Crippen molar-refractivity contribution in [2.24, 2.45) is 7.05 Å². The second-order valence-corrected chi connectivity index (χ2v) is 9.06. The van der Waals surface area contributed by atoms with Crippen molar-refractivity contribution in [2.75, 3.05) is 14.1 Å². The Labute approximate surface area is 137 Å². The molecule has 0 radical (unpaired) electrons. The fraction of sp³-hybridized carbons (Fsp3) is 0.417. The molecule has 2 heterocycles. The summed E-state index contributed by atoms with van der Waals surface area (Å²) in [4.78, 5) is 5.42. The molecule has 0 saturated carbocycles. The predicted molar refractivity (Wildman–Crippen MR) is 86.6 cm³/mol. The van der Waals surface area contributed by atoms with E-state index in [1.807, 2.05) is 14.1 Å². The maximum absolute atomic E-state index is 12.7. The van der Waals surface area contributed by atoms with Crippen LogP contribution in [0.1, 0.15) is 10.7 Å². The van der Waals surface area contributed by atoms with Crippen LogP contribution in [0.2, 0.25) is 0 Å². The number of aromatic nitrogens is 2. The highest BCUT2D eigenvalue weighted by Gasteiger charge is 2.26. The minimum absolute atomic E-state index is 0.232. The van der Waals surface area contributed by atoms with E-state index in [0.717, 1.165) is 4.88 Å². The van der Waals surface area contributed by atoms with E-state index in [1.54, 1.807) is 30.1 Å². The summed E-state index contributed by atoms with van der Waals surface area (Å²) in [7, 11) is 1.69. The number of aryl methyl sites for hydroxylation is 1. The molecule has 116 valence electrons. The molecule has 0 atom stereocenters. The van der Waals surface area contributed by atoms with Crippen LogP contribution in [0.5, 0.6) is 0 Å². The Morgan fingerprint density at radius 3 is 2.81 bits per heavy atom. The van der Waals surface area contributed by atoms with E-state index in [2.05, 4.69) is 26.2 Å². The monoisotopic (exact) mass is 392 g/mol. The fourth-order valence-electron chi connectivity index (χ4n) is 1.84. The van der Waals surface area contributed by atoms with Gasteiger partial charge in [-0.2, -0.15) is 4.31 Å². The largest absolute Gasteiger partial charge is 0.337 e. The first-order chi connectivity index (χ1) is 9.86. The molecule has 0 bridgehead atoms. The standard InChI is InChI=1S/C12H17BrN4O2S2/c1-14-7-9-6-10(12(13)20-9)21(18,19)17(3)8-11-15-4-5-16(11)2/h4-6,14H,7-8H2,1-3H3. The first-order valence-electron chi connectivity index (χ1n) is 6.21. The van der Waals surface area contributed by atoms with E-state index in [0.29, 0.717) is 21.1 Å². The van der Waals surface area contributed by atoms with Crippen LogP contribution in [-0.4, -0.2) is 36.4 Å². The first-order valence-corrected chi connectivity index (χ1v) is 9.26. The van der Waals surface area contributed by atoms with Gasteiger partial charge in [0, 0.05) is 37.9 Å². The highest BCUT2D eigenvalue weighted by atomic mass is 79.9. The molecule has 0 aliphatic heterocycles. The number of hydrogen-bond donors (Lipinski definition) is 1. The SMILES string of the molecule is CNCc1cc(S(=O)(=O)N(C)Cc2nccn2C)c(Br)s1. The molecule has 0 aliphatic carbocycles. The van der Waals surface area contributed by atoms with Gasteiger partial charge in [0.15, 0.2) is 0 Å². The van der Waals surface area contributed by atoms with Crippen molar-refractivity contribution < 1.29 is 8.42 Å². The highest BCUT2D eigenvalue weighted by molar-refractivity contribution is 9.11. The van der Waals surface area contributed by atoms with Crippen molar-refractivity contribution in [3.05, 3.63) is 32.9 Å². The average Bonchev–Trinajstić information content (AvgIpc) is 2.97. The predicted octanol–water partition coefficient (Wildman–Crippen LogP) is 1.78. The van der Waals surface area contributed by atoms with Crippen LogP contribution in [0.3, 0.4) is 0 Å². The molecule has 2 rings (SSSR count). The van der Waals surface area contributed by atoms with Crippen molar-refractivity contribution in [1.29, 1.82) is 0 Å². The van der Waals surface area contributed by atoms with Crippen molar-refractivity contribution in [3.8, 4) is 0 Å². The summed E-state index contributed by atoms with van der Waals surface area (Å²) in [6, 6.07) is 1.70. The Morgan fingerprint density at radius 2 is 2.24 bits per heavy atom. The Hall–Kier alpha value is -0.740. The van der Waals surface area contributed by atoms with Crippen LogP contribution in [0, 0.1) is 0 Å². The number of hydrogen-bond acceptors (Lipinski definition) is 5. The minimum Gasteiger partial charge on any atom is -0.337 e. The van der Waals surface area contributed by atoms with E-state index in [-0.39, 0.29) is 6.54 Å². The zero-order chi connectivity index (χ0) is 15.6. The van der Waals surface area contributed by atoms with Gasteiger partial charge in [-0.05, 0) is 29.0 Å². The lowest BCUT2D eigenvalue weighted by Crippen LogP contribution is -2.27. The summed E-state index contributed by atoms with van der Waals surface area (Å²) >= 11 is 4.77. The Balaban J connectivity index is 2.26. The third-order valence-corrected chi connectivity index (χ3v) is 7.09. The smallest absolute Gasteiger partial charge is 0.245 e. The van der Waals surface area contributed by atoms with Gasteiger partial charge in [0.2, 0.25) is 10.0 Å². The van der Waals surface area contributed by atoms with Gasteiger partial charge >= 0.3 is 0 Å². The van der Waals surface area contributed by atoms with Gasteiger partial charge in [0.05, 0.1) is 10.3 Å². The quantitative estimate of drug-likeness (QED) is 0.813. The molecule has 0 saturated heterocycles. The van der Waals surface area contributed by atoms with Gasteiger partial charge in [-0.15, -0.1) is 11.3 Å². The third kappa shape index (κ3) is 3.54. The van der Waals surface area contributed by atoms with E-state index in [1.165, 1.54) is 15.6 Å². The van der Waals surface area contributed by atoms with Gasteiger partial charge in [-0.25, -0.2) is 13.4 Å². The summed E-state index contributed by atoms with van der Waals surface area (Å²) in [5.74, 6) is 0.697. The number of halogens is 1. The molecule has 6 nitrogen and oxygen atoms in total. The molecule has 0 amide bonds. The molecule has 0 aliphatic rings. The van der Waals surface area contributed by atoms with Crippen LogP contribution < -0.4 is 5.32 Å². The number of nitrogens with zero attached hydrogens (tertiary/aromatic N) is 3. The number of nitrogens with one attached hydrogen (secondary N) is 1. The molecule has 0 unspecified atom stereocenters. The molecule has 2 aromatic rings. The van der Waals surface area contributed by atoms with Gasteiger partial charge in [-0.1, -0.05) is 0 Å². The number of imidazole rings is 1. The average molecular weight is 393 g/mol. The van der Waals surface area contributed by atoms with Gasteiger partial charge in [0.25, 0.3) is 0 Å². The highest BCUT2D eigenvalue weighted by Crippen LogP contribution is 2.33. The van der Waals surface area contributed by atoms with E-state index >= 15 is 0 Å². The fourth-order valence-corrected chi connectivity index (χ4v) is 5.60. The minimum atomic E-state index is -3.54. The van der Waals surface area contributed by atoms with E-state index in [4.69, 9.17) is 0 Å². The number of sulfonamides is 1. The molecular formula is C12H17BrN4O2S2. The molecule has 0 fully saturated rings. The normalized spacial score (nSPS) is 12.2. The maximum atomic E-state index is 12.7. The lowest BCUT2D eigenvalue weighted by Gasteiger charge is -2.16. The van der Waals surface area contributed by atoms with Gasteiger partial charge in [0.1, 0.15) is 10.7 Å². The van der Waals surface area contributed by atoms with Gasteiger partial charge in [-0.3, -0.25) is 0 Å². The number of rotatable bonds is 6. The summed E-state index contributed by atoms with van der Waals surface area (Å²) in [6.07, 6.45) is 3.45. The molecule has 21 heavy (non-hydrogen) atoms. The van der Waals surface area contributed by atoms with Crippen LogP contribution in [0.15, 0.2) is 27.1 Å². The summed E-state index contributed by atoms with van der Waals surface area (Å²) in [5, 5.41) is 3.02. The van der Waals surface area contributed by atoms with Crippen molar-refractivity contribution in [3.63, 3.8) is 0 Å². The molecule has 1 N–H and O–H groups in total. The zero-order valence-electron chi connectivity index (χ0n) is 12.0. The Kier molecular flexibility index (Phi) is 5.20. The lowest BCUT2D eigenvalue weighted by atomic mass is 10.5. The Bertz CT molecular complexity index is 723. The summed E-state index contributed by atoms with van der Waals surface area (Å²) in [5.41, 5.74) is 0. The summed E-state index contributed by atoms with van der Waals surface area (Å²) < 4.78 is 29.0. The molecule has 0 aromatic carbocycles. The molecular weight excluding hydrogens is 376 g/mol. The second-order valence-electron chi connectivity index (χ2n) is 4.60. The van der Waals surface area contributed by atoms with Gasteiger partial charge < -0.3 is 9.88 Å². The van der Waals surface area contributed by atoms with Crippen LogP contribution >= 0.6 is 27.3 Å². The van der Waals surface area contributed by atoms with Crippen LogP contribution in [0.25, 0.3) is 0 Å². The zero-order valence-corrected chi connectivity index (χ0v) is 15.2. The van der Waals surface area contributed by atoms with Crippen molar-refractivity contribution in [2.45, 2.75) is 18.0 Å². The lowest BCUT2D eigenvalue weighted by molar-refractivity contribution is 0.451. The number of thiophene rings is 1. The van der Waals surface area contributed by atoms with E-state index < -0.39 is 10.0 Å². The van der Waals surface area contributed by atoms with Crippen molar-refractivity contribution in [1.82, 2.24) is 19.2 Å². The summed E-state index contributed by atoms with van der Waals surface area (Å²) in [6.45, 7) is 0.872. The van der Waals surface area contributed by atoms with E-state index in [9.17, 15) is 8.42 Å². The first kappa shape index (κ1) is 16.6. The van der Waals surface area contributed by atoms with Crippen LogP contribution in [0.4, 0.5) is 0 Å². The van der Waals surface area contributed by atoms with Crippen LogP contribution in [-0.2, 0) is 30.2 Å².